The van der Waals surface area contributed by atoms with Gasteiger partial charge in [-0.05, 0) is 45.8 Å². The Morgan fingerprint density at radius 1 is 1.05 bits per heavy atom. The van der Waals surface area contributed by atoms with E-state index in [0.717, 1.165) is 6.29 Å². The average Bonchev–Trinajstić information content (AvgIpc) is 2.22. The molecule has 0 aliphatic carbocycles. The molecule has 0 aromatic rings. The Morgan fingerprint density at radius 3 is 1.80 bits per heavy atom. The highest BCUT2D eigenvalue weighted by Crippen LogP contribution is 2.38. The fraction of sp³-hybridized carbons (Fsp3) is 0.867. The van der Waals surface area contributed by atoms with Crippen LogP contribution in [0.3, 0.4) is 0 Å². The predicted octanol–water partition coefficient (Wildman–Crippen LogP) is 3.56. The quantitative estimate of drug-likeness (QED) is 0.443. The van der Waals surface area contributed by atoms with Crippen molar-refractivity contribution in [3.63, 3.8) is 0 Å². The molecule has 118 valence electrons. The number of esters is 1. The van der Waals surface area contributed by atoms with Crippen LogP contribution in [-0.4, -0.2) is 32.8 Å². The lowest BCUT2D eigenvalue weighted by Crippen LogP contribution is -2.51. The molecule has 5 heteroatoms. The van der Waals surface area contributed by atoms with Crippen molar-refractivity contribution >= 4 is 20.6 Å². The standard InChI is InChI=1S/C15H30O4Si/c1-13(2,3)12(17)18-11-15(7,10-16)19-20(8,9)14(4,5)6/h10H,11H2,1-9H3/t15-/m0/s1. The van der Waals surface area contributed by atoms with Crippen LogP contribution in [0, 0.1) is 5.41 Å². The first-order chi connectivity index (χ1) is 8.65. The van der Waals surface area contributed by atoms with E-state index in [0.29, 0.717) is 0 Å². The Labute approximate surface area is 124 Å². The van der Waals surface area contributed by atoms with Crippen molar-refractivity contribution in [2.75, 3.05) is 6.61 Å². The molecule has 0 bridgehead atoms. The van der Waals surface area contributed by atoms with Gasteiger partial charge in [-0.25, -0.2) is 0 Å². The molecule has 0 aliphatic heterocycles. The maximum absolute atomic E-state index is 11.8. The molecule has 0 fully saturated rings. The van der Waals surface area contributed by atoms with E-state index in [1.807, 2.05) is 0 Å². The van der Waals surface area contributed by atoms with Crippen LogP contribution in [0.5, 0.6) is 0 Å². The van der Waals surface area contributed by atoms with E-state index in [1.54, 1.807) is 27.7 Å². The van der Waals surface area contributed by atoms with Gasteiger partial charge in [0.2, 0.25) is 0 Å². The lowest BCUT2D eigenvalue weighted by molar-refractivity contribution is -0.159. The van der Waals surface area contributed by atoms with E-state index in [9.17, 15) is 9.59 Å². The van der Waals surface area contributed by atoms with Gasteiger partial charge in [0, 0.05) is 0 Å². The molecule has 0 aliphatic rings. The molecule has 0 rings (SSSR count). The van der Waals surface area contributed by atoms with Gasteiger partial charge in [0.05, 0.1) is 5.41 Å². The molecule has 0 aromatic heterocycles. The van der Waals surface area contributed by atoms with Crippen molar-refractivity contribution in [1.82, 2.24) is 0 Å². The summed E-state index contributed by atoms with van der Waals surface area (Å²) in [6, 6.07) is 0. The van der Waals surface area contributed by atoms with Crippen molar-refractivity contribution in [3.8, 4) is 0 Å². The second-order valence-electron chi connectivity index (χ2n) is 8.12. The van der Waals surface area contributed by atoms with Gasteiger partial charge in [-0.3, -0.25) is 4.79 Å². The smallest absolute Gasteiger partial charge is 0.311 e. The van der Waals surface area contributed by atoms with Crippen LogP contribution in [-0.2, 0) is 18.8 Å². The largest absolute Gasteiger partial charge is 0.462 e. The summed E-state index contributed by atoms with van der Waals surface area (Å²) in [5, 5.41) is -0.00862. The zero-order chi connectivity index (χ0) is 16.4. The van der Waals surface area contributed by atoms with Crippen LogP contribution in [0.2, 0.25) is 18.1 Å². The summed E-state index contributed by atoms with van der Waals surface area (Å²) in [5.41, 5.74) is -1.66. The van der Waals surface area contributed by atoms with Crippen LogP contribution in [0.15, 0.2) is 0 Å². The lowest BCUT2D eigenvalue weighted by atomic mass is 9.97. The van der Waals surface area contributed by atoms with Crippen LogP contribution < -0.4 is 0 Å². The zero-order valence-electron chi connectivity index (χ0n) is 14.4. The second kappa shape index (κ2) is 5.98. The van der Waals surface area contributed by atoms with E-state index in [4.69, 9.17) is 9.16 Å². The molecule has 0 saturated carbocycles. The van der Waals surface area contributed by atoms with Crippen molar-refractivity contribution in [2.24, 2.45) is 5.41 Å². The molecule has 4 nitrogen and oxygen atoms in total. The Balaban J connectivity index is 4.89. The number of carbonyl (C=O) groups is 2. The molecular formula is C15H30O4Si. The Bertz CT molecular complexity index is 363. The number of ether oxygens (including phenoxy) is 1. The molecule has 0 saturated heterocycles. The molecule has 0 aromatic carbocycles. The van der Waals surface area contributed by atoms with Gasteiger partial charge in [0.1, 0.15) is 12.2 Å². The third kappa shape index (κ3) is 5.36. The Morgan fingerprint density at radius 2 is 1.50 bits per heavy atom. The van der Waals surface area contributed by atoms with Crippen LogP contribution >= 0.6 is 0 Å². The minimum Gasteiger partial charge on any atom is -0.462 e. The highest BCUT2D eigenvalue weighted by atomic mass is 28.4. The fourth-order valence-corrected chi connectivity index (χ4v) is 2.83. The maximum atomic E-state index is 11.8. The summed E-state index contributed by atoms with van der Waals surface area (Å²) in [7, 11) is -2.10. The van der Waals surface area contributed by atoms with Crippen LogP contribution in [0.4, 0.5) is 0 Å². The summed E-state index contributed by atoms with van der Waals surface area (Å²) in [6.45, 7) is 17.4. The molecular weight excluding hydrogens is 272 g/mol. The fourth-order valence-electron chi connectivity index (χ4n) is 1.25. The monoisotopic (exact) mass is 302 g/mol. The van der Waals surface area contributed by atoms with Crippen molar-refractivity contribution in [2.45, 2.75) is 72.2 Å². The minimum absolute atomic E-state index is 0.00862. The normalized spacial score (nSPS) is 16.4. The topological polar surface area (TPSA) is 52.6 Å². The maximum Gasteiger partial charge on any atom is 0.311 e. The van der Waals surface area contributed by atoms with E-state index < -0.39 is 19.3 Å². The summed E-state index contributed by atoms with van der Waals surface area (Å²) < 4.78 is 11.3. The van der Waals surface area contributed by atoms with Crippen LogP contribution in [0.25, 0.3) is 0 Å². The molecule has 0 heterocycles. The highest BCUT2D eigenvalue weighted by molar-refractivity contribution is 6.74. The molecule has 0 spiro atoms. The van der Waals surface area contributed by atoms with Gasteiger partial charge in [-0.1, -0.05) is 20.8 Å². The van der Waals surface area contributed by atoms with Crippen molar-refractivity contribution < 1.29 is 18.8 Å². The highest BCUT2D eigenvalue weighted by Gasteiger charge is 2.43. The van der Waals surface area contributed by atoms with Crippen molar-refractivity contribution in [1.29, 1.82) is 0 Å². The SMILES string of the molecule is CC(C)(C)C(=O)OC[C@](C)(C=O)O[Si](C)(C)C(C)(C)C. The van der Waals surface area contributed by atoms with Gasteiger partial charge in [0.25, 0.3) is 0 Å². The van der Waals surface area contributed by atoms with E-state index in [2.05, 4.69) is 33.9 Å². The van der Waals surface area contributed by atoms with Gasteiger partial charge < -0.3 is 14.0 Å². The Hall–Kier alpha value is -0.683. The molecule has 0 N–H and O–H groups in total. The number of hydrogen-bond donors (Lipinski definition) is 0. The van der Waals surface area contributed by atoms with Gasteiger partial charge in [0.15, 0.2) is 14.6 Å². The summed E-state index contributed by atoms with van der Waals surface area (Å²) >= 11 is 0. The first-order valence-electron chi connectivity index (χ1n) is 6.98. The summed E-state index contributed by atoms with van der Waals surface area (Å²) in [5.74, 6) is -0.329. The first-order valence-corrected chi connectivity index (χ1v) is 9.89. The van der Waals surface area contributed by atoms with Gasteiger partial charge in [-0.2, -0.15) is 0 Å². The molecule has 20 heavy (non-hydrogen) atoms. The summed E-state index contributed by atoms with van der Waals surface area (Å²) in [6.07, 6.45) is 0.740. The third-order valence-corrected chi connectivity index (χ3v) is 8.24. The van der Waals surface area contributed by atoms with E-state index >= 15 is 0 Å². The predicted molar refractivity (Wildman–Crippen MR) is 83.2 cm³/mol. The molecule has 0 unspecified atom stereocenters. The number of aldehydes is 1. The van der Waals surface area contributed by atoms with E-state index in [1.165, 1.54) is 0 Å². The molecule has 1 atom stereocenters. The third-order valence-electron chi connectivity index (χ3n) is 3.65. The van der Waals surface area contributed by atoms with E-state index in [-0.39, 0.29) is 17.6 Å². The minimum atomic E-state index is -2.10. The number of rotatable bonds is 5. The summed E-state index contributed by atoms with van der Waals surface area (Å²) in [4.78, 5) is 23.2. The average molecular weight is 302 g/mol. The van der Waals surface area contributed by atoms with Crippen molar-refractivity contribution in [3.05, 3.63) is 0 Å². The van der Waals surface area contributed by atoms with Gasteiger partial charge in [-0.15, -0.1) is 0 Å². The Kier molecular flexibility index (Phi) is 5.77. The second-order valence-corrected chi connectivity index (χ2v) is 12.8. The molecule has 0 amide bonds. The lowest BCUT2D eigenvalue weighted by Gasteiger charge is -2.41. The number of hydrogen-bond acceptors (Lipinski definition) is 4. The number of carbonyl (C=O) groups excluding carboxylic acids is 2. The van der Waals surface area contributed by atoms with Crippen LogP contribution in [0.1, 0.15) is 48.5 Å². The molecule has 0 radical (unpaired) electrons. The zero-order valence-corrected chi connectivity index (χ0v) is 15.4. The first kappa shape index (κ1) is 19.3. The van der Waals surface area contributed by atoms with Gasteiger partial charge >= 0.3 is 5.97 Å².